The van der Waals surface area contributed by atoms with Crippen molar-refractivity contribution >= 4 is 23.6 Å². The molecule has 3 aromatic rings. The highest BCUT2D eigenvalue weighted by atomic mass is 16.5. The Hall–Kier alpha value is -4.14. The SMILES string of the molecule is Cc1ccc(-n2nc(C)cc2NC(=O)COC(=O)c2ccccc2OCC(N)=O)cc1. The molecule has 160 valence electrons. The Morgan fingerprint density at radius 3 is 2.45 bits per heavy atom. The first-order valence-electron chi connectivity index (χ1n) is 9.44. The van der Waals surface area contributed by atoms with E-state index in [0.29, 0.717) is 11.5 Å². The van der Waals surface area contributed by atoms with E-state index in [0.717, 1.165) is 11.3 Å². The summed E-state index contributed by atoms with van der Waals surface area (Å²) in [5.41, 5.74) is 7.74. The second-order valence-electron chi connectivity index (χ2n) is 6.79. The highest BCUT2D eigenvalue weighted by Crippen LogP contribution is 2.20. The lowest BCUT2D eigenvalue weighted by atomic mass is 10.2. The van der Waals surface area contributed by atoms with Crippen molar-refractivity contribution in [2.24, 2.45) is 5.73 Å². The number of hydrogen-bond donors (Lipinski definition) is 2. The number of para-hydroxylation sites is 1. The largest absolute Gasteiger partial charge is 0.483 e. The molecule has 0 aliphatic heterocycles. The van der Waals surface area contributed by atoms with Gasteiger partial charge in [-0.25, -0.2) is 9.48 Å². The fourth-order valence-corrected chi connectivity index (χ4v) is 2.77. The van der Waals surface area contributed by atoms with Gasteiger partial charge in [-0.3, -0.25) is 9.59 Å². The van der Waals surface area contributed by atoms with Crippen LogP contribution in [0.2, 0.25) is 0 Å². The van der Waals surface area contributed by atoms with Crippen LogP contribution in [0.15, 0.2) is 54.6 Å². The monoisotopic (exact) mass is 422 g/mol. The molecular formula is C22H22N4O5. The molecule has 0 aliphatic carbocycles. The number of carbonyl (C=O) groups is 3. The minimum atomic E-state index is -0.765. The smallest absolute Gasteiger partial charge is 0.342 e. The molecule has 3 rings (SSSR count). The number of carbonyl (C=O) groups excluding carboxylic acids is 3. The first-order valence-corrected chi connectivity index (χ1v) is 9.44. The molecule has 0 saturated carbocycles. The van der Waals surface area contributed by atoms with Gasteiger partial charge in [-0.2, -0.15) is 5.10 Å². The van der Waals surface area contributed by atoms with Gasteiger partial charge in [-0.05, 0) is 38.1 Å². The zero-order valence-electron chi connectivity index (χ0n) is 17.1. The molecule has 0 bridgehead atoms. The van der Waals surface area contributed by atoms with Crippen molar-refractivity contribution < 1.29 is 23.9 Å². The average Bonchev–Trinajstić information content (AvgIpc) is 3.11. The summed E-state index contributed by atoms with van der Waals surface area (Å²) in [5, 5.41) is 7.09. The lowest BCUT2D eigenvalue weighted by molar-refractivity contribution is -0.120. The normalized spacial score (nSPS) is 10.4. The highest BCUT2D eigenvalue weighted by Gasteiger charge is 2.17. The summed E-state index contributed by atoms with van der Waals surface area (Å²) >= 11 is 0. The topological polar surface area (TPSA) is 126 Å². The van der Waals surface area contributed by atoms with Crippen LogP contribution in [-0.2, 0) is 14.3 Å². The number of anilines is 1. The van der Waals surface area contributed by atoms with E-state index in [-0.39, 0.29) is 17.9 Å². The molecule has 3 N–H and O–H groups in total. The van der Waals surface area contributed by atoms with Gasteiger partial charge in [0.05, 0.1) is 11.4 Å². The number of nitrogens with one attached hydrogen (secondary N) is 1. The lowest BCUT2D eigenvalue weighted by Crippen LogP contribution is -2.23. The van der Waals surface area contributed by atoms with Crippen molar-refractivity contribution in [3.05, 3.63) is 71.4 Å². The molecule has 0 spiro atoms. The number of esters is 1. The lowest BCUT2D eigenvalue weighted by Gasteiger charge is -2.11. The van der Waals surface area contributed by atoms with E-state index >= 15 is 0 Å². The van der Waals surface area contributed by atoms with Crippen molar-refractivity contribution in [1.82, 2.24) is 9.78 Å². The number of aryl methyl sites for hydroxylation is 2. The molecule has 0 fully saturated rings. The first-order chi connectivity index (χ1) is 14.8. The van der Waals surface area contributed by atoms with E-state index in [1.54, 1.807) is 22.9 Å². The second kappa shape index (κ2) is 9.57. The number of aromatic nitrogens is 2. The van der Waals surface area contributed by atoms with Crippen molar-refractivity contribution in [2.75, 3.05) is 18.5 Å². The molecule has 1 aromatic heterocycles. The fraction of sp³-hybridized carbons (Fsp3) is 0.182. The standard InChI is InChI=1S/C22H22N4O5/c1-14-7-9-16(10-8-14)26-20(11-15(2)25-26)24-21(28)13-31-22(29)17-5-3-4-6-18(17)30-12-19(23)27/h3-11H,12-13H2,1-2H3,(H2,23,27)(H,24,28). The van der Waals surface area contributed by atoms with Crippen molar-refractivity contribution in [3.8, 4) is 11.4 Å². The van der Waals surface area contributed by atoms with Crippen LogP contribution >= 0.6 is 0 Å². The van der Waals surface area contributed by atoms with Crippen LogP contribution in [0, 0.1) is 13.8 Å². The van der Waals surface area contributed by atoms with Gasteiger partial charge in [0.15, 0.2) is 13.2 Å². The Bertz CT molecular complexity index is 1110. The minimum absolute atomic E-state index is 0.0806. The predicted molar refractivity (Wildman–Crippen MR) is 113 cm³/mol. The van der Waals surface area contributed by atoms with E-state index in [2.05, 4.69) is 10.4 Å². The van der Waals surface area contributed by atoms with Gasteiger partial charge in [0, 0.05) is 6.07 Å². The van der Waals surface area contributed by atoms with Crippen LogP contribution in [0.4, 0.5) is 5.82 Å². The van der Waals surface area contributed by atoms with Gasteiger partial charge >= 0.3 is 5.97 Å². The van der Waals surface area contributed by atoms with Gasteiger partial charge in [0.2, 0.25) is 0 Å². The summed E-state index contributed by atoms with van der Waals surface area (Å²) in [7, 11) is 0. The first kappa shape index (κ1) is 21.6. The molecule has 31 heavy (non-hydrogen) atoms. The molecule has 0 atom stereocenters. The summed E-state index contributed by atoms with van der Waals surface area (Å²) in [4.78, 5) is 35.7. The van der Waals surface area contributed by atoms with Crippen LogP contribution in [0.5, 0.6) is 5.75 Å². The Labute approximate surface area is 178 Å². The zero-order chi connectivity index (χ0) is 22.4. The maximum atomic E-state index is 12.4. The van der Waals surface area contributed by atoms with Crippen LogP contribution in [-0.4, -0.2) is 40.8 Å². The van der Waals surface area contributed by atoms with Gasteiger partial charge in [0.25, 0.3) is 11.8 Å². The summed E-state index contributed by atoms with van der Waals surface area (Å²) < 4.78 is 11.9. The fourth-order valence-electron chi connectivity index (χ4n) is 2.77. The van der Waals surface area contributed by atoms with E-state index in [1.807, 2.05) is 38.1 Å². The number of ether oxygens (including phenoxy) is 2. The molecule has 0 aliphatic rings. The third-order valence-electron chi connectivity index (χ3n) is 4.19. The van der Waals surface area contributed by atoms with E-state index < -0.39 is 24.4 Å². The number of nitrogens with two attached hydrogens (primary N) is 1. The Balaban J connectivity index is 1.65. The number of nitrogens with zero attached hydrogens (tertiary/aromatic N) is 2. The molecule has 1 heterocycles. The highest BCUT2D eigenvalue weighted by molar-refractivity contribution is 5.96. The molecule has 2 amide bonds. The summed E-state index contributed by atoms with van der Waals surface area (Å²) in [5.74, 6) is -1.38. The minimum Gasteiger partial charge on any atom is -0.483 e. The molecule has 0 radical (unpaired) electrons. The van der Waals surface area contributed by atoms with Gasteiger partial charge in [0.1, 0.15) is 17.1 Å². The third-order valence-corrected chi connectivity index (χ3v) is 4.19. The summed E-state index contributed by atoms with van der Waals surface area (Å²) in [6.07, 6.45) is 0. The Kier molecular flexibility index (Phi) is 6.66. The Morgan fingerprint density at radius 2 is 1.74 bits per heavy atom. The molecule has 0 saturated heterocycles. The molecule has 0 unspecified atom stereocenters. The second-order valence-corrected chi connectivity index (χ2v) is 6.79. The van der Waals surface area contributed by atoms with Crippen LogP contribution in [0.1, 0.15) is 21.6 Å². The molecule has 2 aromatic carbocycles. The van der Waals surface area contributed by atoms with Crippen molar-refractivity contribution in [1.29, 1.82) is 0 Å². The average molecular weight is 422 g/mol. The van der Waals surface area contributed by atoms with Gasteiger partial charge in [-0.1, -0.05) is 29.8 Å². The predicted octanol–water partition coefficient (Wildman–Crippen LogP) is 2.15. The number of hydrogen-bond acceptors (Lipinski definition) is 6. The van der Waals surface area contributed by atoms with E-state index in [1.165, 1.54) is 12.1 Å². The van der Waals surface area contributed by atoms with Crippen molar-refractivity contribution in [2.45, 2.75) is 13.8 Å². The van der Waals surface area contributed by atoms with Gasteiger partial charge < -0.3 is 20.5 Å². The number of amides is 2. The van der Waals surface area contributed by atoms with Crippen LogP contribution in [0.25, 0.3) is 5.69 Å². The molecule has 9 heteroatoms. The molecular weight excluding hydrogens is 400 g/mol. The Morgan fingerprint density at radius 1 is 1.03 bits per heavy atom. The van der Waals surface area contributed by atoms with Gasteiger partial charge in [-0.15, -0.1) is 0 Å². The molecule has 9 nitrogen and oxygen atoms in total. The number of rotatable bonds is 8. The summed E-state index contributed by atoms with van der Waals surface area (Å²) in [6.45, 7) is 2.89. The maximum absolute atomic E-state index is 12.4. The van der Waals surface area contributed by atoms with Crippen LogP contribution < -0.4 is 15.8 Å². The summed E-state index contributed by atoms with van der Waals surface area (Å²) in [6, 6.07) is 15.6. The number of primary amides is 1. The van der Waals surface area contributed by atoms with E-state index in [4.69, 9.17) is 15.2 Å². The third kappa shape index (κ3) is 5.69. The van der Waals surface area contributed by atoms with Crippen LogP contribution in [0.3, 0.4) is 0 Å². The number of benzene rings is 2. The maximum Gasteiger partial charge on any atom is 0.342 e. The van der Waals surface area contributed by atoms with Crippen molar-refractivity contribution in [3.63, 3.8) is 0 Å². The van der Waals surface area contributed by atoms with E-state index in [9.17, 15) is 14.4 Å². The zero-order valence-corrected chi connectivity index (χ0v) is 17.1. The quantitative estimate of drug-likeness (QED) is 0.536.